The average Bonchev–Trinajstić information content (AvgIpc) is 2.80. The van der Waals surface area contributed by atoms with Crippen LogP contribution in [0.5, 0.6) is 0 Å². The summed E-state index contributed by atoms with van der Waals surface area (Å²) in [5.41, 5.74) is 3.99. The Morgan fingerprint density at radius 2 is 1.95 bits per heavy atom. The molecule has 0 aliphatic carbocycles. The highest BCUT2D eigenvalue weighted by Crippen LogP contribution is 2.17. The Morgan fingerprint density at radius 3 is 2.50 bits per heavy atom. The van der Waals surface area contributed by atoms with E-state index in [9.17, 15) is 4.79 Å². The van der Waals surface area contributed by atoms with Crippen molar-refractivity contribution in [3.05, 3.63) is 52.8 Å². The molecule has 4 nitrogen and oxygen atoms in total. The molecule has 0 bridgehead atoms. The van der Waals surface area contributed by atoms with Crippen LogP contribution in [0.15, 0.2) is 30.5 Å². The molecule has 1 N–H and O–H groups in total. The summed E-state index contributed by atoms with van der Waals surface area (Å²) in [6.07, 6.45) is 1.83. The van der Waals surface area contributed by atoms with E-state index in [0.29, 0.717) is 5.56 Å². The summed E-state index contributed by atoms with van der Waals surface area (Å²) in [5, 5.41) is 7.33. The van der Waals surface area contributed by atoms with Gasteiger partial charge in [-0.05, 0) is 39.8 Å². The summed E-state index contributed by atoms with van der Waals surface area (Å²) in [5.74, 6) is -0.0545. The third-order valence-corrected chi connectivity index (χ3v) is 3.57. The molecule has 2 aromatic rings. The van der Waals surface area contributed by atoms with Gasteiger partial charge in [0.1, 0.15) is 0 Å². The maximum absolute atomic E-state index is 12.2. The predicted molar refractivity (Wildman–Crippen MR) is 79.7 cm³/mol. The smallest absolute Gasteiger partial charge is 0.251 e. The molecule has 0 saturated heterocycles. The third-order valence-electron chi connectivity index (χ3n) is 3.57. The number of carbonyl (C=O) groups excluding carboxylic acids is 1. The maximum Gasteiger partial charge on any atom is 0.251 e. The van der Waals surface area contributed by atoms with Crippen LogP contribution < -0.4 is 5.32 Å². The van der Waals surface area contributed by atoms with Gasteiger partial charge in [-0.3, -0.25) is 9.48 Å². The van der Waals surface area contributed by atoms with Crippen LogP contribution in [0.1, 0.15) is 47.1 Å². The van der Waals surface area contributed by atoms with Crippen LogP contribution in [0.4, 0.5) is 0 Å². The Bertz CT molecular complexity index is 599. The fraction of sp³-hybridized carbons (Fsp3) is 0.375. The molecule has 1 atom stereocenters. The first-order valence-electron chi connectivity index (χ1n) is 6.92. The van der Waals surface area contributed by atoms with Crippen LogP contribution in [0.25, 0.3) is 0 Å². The summed E-state index contributed by atoms with van der Waals surface area (Å²) in [4.78, 5) is 12.2. The lowest BCUT2D eigenvalue weighted by Crippen LogP contribution is -2.26. The largest absolute Gasteiger partial charge is 0.345 e. The normalized spacial score (nSPS) is 12.2. The van der Waals surface area contributed by atoms with E-state index in [2.05, 4.69) is 17.3 Å². The van der Waals surface area contributed by atoms with Crippen molar-refractivity contribution in [1.82, 2.24) is 15.1 Å². The lowest BCUT2D eigenvalue weighted by molar-refractivity contribution is 0.0940. The van der Waals surface area contributed by atoms with Crippen LogP contribution in [0, 0.1) is 13.8 Å². The molecule has 0 radical (unpaired) electrons. The first-order valence-corrected chi connectivity index (χ1v) is 6.92. The maximum atomic E-state index is 12.2. The van der Waals surface area contributed by atoms with Gasteiger partial charge in [-0.15, -0.1) is 0 Å². The van der Waals surface area contributed by atoms with Crippen molar-refractivity contribution in [3.63, 3.8) is 0 Å². The molecule has 1 heterocycles. The minimum absolute atomic E-state index is 0.0518. The van der Waals surface area contributed by atoms with Crippen LogP contribution >= 0.6 is 0 Å². The van der Waals surface area contributed by atoms with E-state index in [0.717, 1.165) is 23.4 Å². The lowest BCUT2D eigenvalue weighted by atomic mass is 10.1. The van der Waals surface area contributed by atoms with Crippen molar-refractivity contribution < 1.29 is 4.79 Å². The lowest BCUT2D eigenvalue weighted by Gasteiger charge is -2.14. The third kappa shape index (κ3) is 2.90. The number of carbonyl (C=O) groups is 1. The van der Waals surface area contributed by atoms with Crippen LogP contribution in [0.3, 0.4) is 0 Å². The van der Waals surface area contributed by atoms with Gasteiger partial charge < -0.3 is 5.32 Å². The van der Waals surface area contributed by atoms with E-state index in [-0.39, 0.29) is 11.9 Å². The molecule has 0 aliphatic heterocycles. The number of benzene rings is 1. The Hall–Kier alpha value is -2.10. The van der Waals surface area contributed by atoms with Gasteiger partial charge in [-0.25, -0.2) is 0 Å². The van der Waals surface area contributed by atoms with Gasteiger partial charge in [0.25, 0.3) is 5.91 Å². The van der Waals surface area contributed by atoms with Crippen LogP contribution in [0.2, 0.25) is 0 Å². The Kier molecular flexibility index (Phi) is 4.23. The molecule has 1 aromatic carbocycles. The molecule has 1 aromatic heterocycles. The first kappa shape index (κ1) is 14.3. The molecule has 0 saturated carbocycles. The number of rotatable bonds is 4. The van der Waals surface area contributed by atoms with E-state index < -0.39 is 0 Å². The zero-order valence-corrected chi connectivity index (χ0v) is 12.5. The molecule has 0 fully saturated rings. The quantitative estimate of drug-likeness (QED) is 0.929. The highest BCUT2D eigenvalue weighted by Gasteiger charge is 2.15. The summed E-state index contributed by atoms with van der Waals surface area (Å²) in [7, 11) is 0. The van der Waals surface area contributed by atoms with E-state index in [4.69, 9.17) is 0 Å². The molecule has 2 rings (SSSR count). The summed E-state index contributed by atoms with van der Waals surface area (Å²) >= 11 is 0. The van der Waals surface area contributed by atoms with E-state index in [1.807, 2.05) is 55.9 Å². The van der Waals surface area contributed by atoms with Crippen molar-refractivity contribution in [2.45, 2.75) is 40.3 Å². The van der Waals surface area contributed by atoms with Gasteiger partial charge >= 0.3 is 0 Å². The number of aromatic nitrogens is 2. The monoisotopic (exact) mass is 271 g/mol. The summed E-state index contributed by atoms with van der Waals surface area (Å²) < 4.78 is 1.93. The van der Waals surface area contributed by atoms with Gasteiger partial charge in [-0.1, -0.05) is 17.7 Å². The zero-order valence-electron chi connectivity index (χ0n) is 12.5. The second-order valence-corrected chi connectivity index (χ2v) is 5.06. The van der Waals surface area contributed by atoms with Gasteiger partial charge in [0, 0.05) is 23.4 Å². The Labute approximate surface area is 119 Å². The fourth-order valence-electron chi connectivity index (χ4n) is 2.27. The first-order chi connectivity index (χ1) is 9.52. The molecule has 1 unspecified atom stereocenters. The van der Waals surface area contributed by atoms with Crippen LogP contribution in [-0.4, -0.2) is 15.7 Å². The van der Waals surface area contributed by atoms with Gasteiger partial charge in [0.15, 0.2) is 0 Å². The SMILES string of the molecule is CCn1ncc(C(C)NC(=O)c2ccc(C)cc2)c1C. The molecule has 0 spiro atoms. The molecular formula is C16H21N3O. The molecular weight excluding hydrogens is 250 g/mol. The zero-order chi connectivity index (χ0) is 14.7. The van der Waals surface area contributed by atoms with Gasteiger partial charge in [0.05, 0.1) is 12.2 Å². The number of hydrogen-bond donors (Lipinski definition) is 1. The highest BCUT2D eigenvalue weighted by molar-refractivity contribution is 5.94. The fourth-order valence-corrected chi connectivity index (χ4v) is 2.27. The van der Waals surface area contributed by atoms with E-state index >= 15 is 0 Å². The number of amides is 1. The summed E-state index contributed by atoms with van der Waals surface area (Å²) in [6, 6.07) is 7.53. The molecule has 1 amide bonds. The highest BCUT2D eigenvalue weighted by atomic mass is 16.1. The second-order valence-electron chi connectivity index (χ2n) is 5.06. The number of hydrogen-bond acceptors (Lipinski definition) is 2. The van der Waals surface area contributed by atoms with Crippen molar-refractivity contribution in [3.8, 4) is 0 Å². The minimum Gasteiger partial charge on any atom is -0.345 e. The van der Waals surface area contributed by atoms with Crippen LogP contribution in [-0.2, 0) is 6.54 Å². The standard InChI is InChI=1S/C16H21N3O/c1-5-19-13(4)15(10-17-19)12(3)18-16(20)14-8-6-11(2)7-9-14/h6-10,12H,5H2,1-4H3,(H,18,20). The van der Waals surface area contributed by atoms with Crippen molar-refractivity contribution in [2.75, 3.05) is 0 Å². The summed E-state index contributed by atoms with van der Waals surface area (Å²) in [6.45, 7) is 8.91. The van der Waals surface area contributed by atoms with Gasteiger partial charge in [-0.2, -0.15) is 5.10 Å². The molecule has 106 valence electrons. The topological polar surface area (TPSA) is 46.9 Å². The van der Waals surface area contributed by atoms with E-state index in [1.165, 1.54) is 0 Å². The van der Waals surface area contributed by atoms with E-state index in [1.54, 1.807) is 0 Å². The van der Waals surface area contributed by atoms with Crippen molar-refractivity contribution in [2.24, 2.45) is 0 Å². The predicted octanol–water partition coefficient (Wildman–Crippen LogP) is 3.01. The second kappa shape index (κ2) is 5.90. The van der Waals surface area contributed by atoms with Crippen molar-refractivity contribution >= 4 is 5.91 Å². The molecule has 20 heavy (non-hydrogen) atoms. The Morgan fingerprint density at radius 1 is 1.30 bits per heavy atom. The number of nitrogens with zero attached hydrogens (tertiary/aromatic N) is 2. The average molecular weight is 271 g/mol. The van der Waals surface area contributed by atoms with Gasteiger partial charge in [0.2, 0.25) is 0 Å². The Balaban J connectivity index is 2.10. The molecule has 0 aliphatic rings. The number of aryl methyl sites for hydroxylation is 2. The molecule has 4 heteroatoms. The number of nitrogens with one attached hydrogen (secondary N) is 1. The van der Waals surface area contributed by atoms with Crippen molar-refractivity contribution in [1.29, 1.82) is 0 Å². The minimum atomic E-state index is -0.0545.